The van der Waals surface area contributed by atoms with Crippen LogP contribution < -0.4 is 0 Å². The van der Waals surface area contributed by atoms with E-state index in [1.54, 1.807) is 0 Å². The van der Waals surface area contributed by atoms with Crippen molar-refractivity contribution in [2.45, 2.75) is 47.1 Å². The topological polar surface area (TPSA) is 34.9 Å². The molecule has 0 atom stereocenters. The Kier molecular flexibility index (Phi) is 4.84. The predicted octanol–water partition coefficient (Wildman–Crippen LogP) is 4.16. The van der Waals surface area contributed by atoms with Crippen LogP contribution in [0.25, 0.3) is 0 Å². The molecule has 0 aliphatic carbocycles. The lowest BCUT2D eigenvalue weighted by molar-refractivity contribution is 0.0989. The first kappa shape index (κ1) is 15.8. The molecule has 0 radical (unpaired) electrons. The summed E-state index contributed by atoms with van der Waals surface area (Å²) in [5.74, 6) is 0.102. The summed E-state index contributed by atoms with van der Waals surface area (Å²) in [5, 5.41) is 5.11. The molecule has 4 heteroatoms. The average molecular weight is 305 g/mol. The molecule has 0 spiro atoms. The van der Waals surface area contributed by atoms with Gasteiger partial charge in [0.1, 0.15) is 0 Å². The number of halogens is 1. The number of benzene rings is 1. The second kappa shape index (κ2) is 6.44. The van der Waals surface area contributed by atoms with E-state index < -0.39 is 0 Å². The third kappa shape index (κ3) is 3.03. The maximum Gasteiger partial charge on any atom is 0.169 e. The van der Waals surface area contributed by atoms with Crippen LogP contribution in [0.2, 0.25) is 5.02 Å². The SMILES string of the molecule is CCc1nn(CC)c(CC(=O)c2c(C)cccc2C)c1Cl. The van der Waals surface area contributed by atoms with Gasteiger partial charge in [-0.15, -0.1) is 0 Å². The number of hydrogen-bond donors (Lipinski definition) is 0. The Morgan fingerprint density at radius 3 is 2.38 bits per heavy atom. The minimum absolute atomic E-state index is 0.102. The highest BCUT2D eigenvalue weighted by Crippen LogP contribution is 2.24. The molecule has 0 unspecified atom stereocenters. The van der Waals surface area contributed by atoms with Crippen molar-refractivity contribution in [1.29, 1.82) is 0 Å². The van der Waals surface area contributed by atoms with E-state index in [9.17, 15) is 4.79 Å². The molecule has 112 valence electrons. The standard InChI is InChI=1S/C17H21ClN2O/c1-5-13-17(18)14(20(6-2)19-13)10-15(21)16-11(3)8-7-9-12(16)4/h7-9H,5-6,10H2,1-4H3. The summed E-state index contributed by atoms with van der Waals surface area (Å²) in [4.78, 5) is 12.7. The van der Waals surface area contributed by atoms with Crippen LogP contribution in [0.15, 0.2) is 18.2 Å². The Hall–Kier alpha value is -1.61. The van der Waals surface area contributed by atoms with Crippen molar-refractivity contribution < 1.29 is 4.79 Å². The summed E-state index contributed by atoms with van der Waals surface area (Å²) in [6, 6.07) is 5.91. The second-order valence-corrected chi connectivity index (χ2v) is 5.62. The van der Waals surface area contributed by atoms with Gasteiger partial charge < -0.3 is 0 Å². The maximum absolute atomic E-state index is 12.7. The Morgan fingerprint density at radius 2 is 1.86 bits per heavy atom. The molecule has 1 aromatic heterocycles. The number of carbonyl (C=O) groups excluding carboxylic acids is 1. The van der Waals surface area contributed by atoms with E-state index in [1.807, 2.05) is 50.6 Å². The number of ketones is 1. The molecule has 0 fully saturated rings. The first-order valence-corrected chi connectivity index (χ1v) is 7.70. The van der Waals surface area contributed by atoms with Gasteiger partial charge in [-0.1, -0.05) is 36.7 Å². The van der Waals surface area contributed by atoms with Crippen LogP contribution >= 0.6 is 11.6 Å². The zero-order valence-corrected chi connectivity index (χ0v) is 13.8. The van der Waals surface area contributed by atoms with Crippen molar-refractivity contribution in [3.05, 3.63) is 51.3 Å². The molecule has 0 N–H and O–H groups in total. The van der Waals surface area contributed by atoms with Gasteiger partial charge in [0.25, 0.3) is 0 Å². The van der Waals surface area contributed by atoms with Gasteiger partial charge in [0.15, 0.2) is 5.78 Å². The van der Waals surface area contributed by atoms with Gasteiger partial charge in [-0.05, 0) is 38.3 Å². The monoisotopic (exact) mass is 304 g/mol. The molecule has 0 aliphatic rings. The number of aromatic nitrogens is 2. The van der Waals surface area contributed by atoms with Crippen LogP contribution in [0.3, 0.4) is 0 Å². The van der Waals surface area contributed by atoms with Crippen molar-refractivity contribution in [2.75, 3.05) is 0 Å². The van der Waals surface area contributed by atoms with Crippen LogP contribution in [0.1, 0.15) is 46.7 Å². The number of aryl methyl sites for hydroxylation is 4. The summed E-state index contributed by atoms with van der Waals surface area (Å²) in [6.07, 6.45) is 1.07. The number of nitrogens with zero attached hydrogens (tertiary/aromatic N) is 2. The largest absolute Gasteiger partial charge is 0.294 e. The van der Waals surface area contributed by atoms with Gasteiger partial charge in [-0.3, -0.25) is 9.48 Å². The summed E-state index contributed by atoms with van der Waals surface area (Å²) >= 11 is 6.38. The first-order valence-electron chi connectivity index (χ1n) is 7.33. The van der Waals surface area contributed by atoms with Crippen molar-refractivity contribution in [3.8, 4) is 0 Å². The van der Waals surface area contributed by atoms with E-state index in [0.717, 1.165) is 41.0 Å². The third-order valence-electron chi connectivity index (χ3n) is 3.78. The minimum atomic E-state index is 0.102. The van der Waals surface area contributed by atoms with Gasteiger partial charge in [-0.2, -0.15) is 5.10 Å². The van der Waals surface area contributed by atoms with Gasteiger partial charge >= 0.3 is 0 Å². The molecular weight excluding hydrogens is 284 g/mol. The Balaban J connectivity index is 2.38. The van der Waals surface area contributed by atoms with Crippen LogP contribution in [0.5, 0.6) is 0 Å². The molecule has 0 saturated carbocycles. The Morgan fingerprint density at radius 1 is 1.24 bits per heavy atom. The molecular formula is C17H21ClN2O. The molecule has 1 aromatic carbocycles. The highest BCUT2D eigenvalue weighted by atomic mass is 35.5. The quantitative estimate of drug-likeness (QED) is 0.777. The lowest BCUT2D eigenvalue weighted by Crippen LogP contribution is -2.12. The van der Waals surface area contributed by atoms with Crippen LogP contribution in [-0.2, 0) is 19.4 Å². The van der Waals surface area contributed by atoms with E-state index in [1.165, 1.54) is 0 Å². The Bertz CT molecular complexity index is 653. The van der Waals surface area contributed by atoms with Crippen LogP contribution in [0, 0.1) is 13.8 Å². The van der Waals surface area contributed by atoms with E-state index in [-0.39, 0.29) is 5.78 Å². The van der Waals surface area contributed by atoms with E-state index in [2.05, 4.69) is 5.10 Å². The number of rotatable bonds is 5. The summed E-state index contributed by atoms with van der Waals surface area (Å²) in [7, 11) is 0. The van der Waals surface area contributed by atoms with E-state index >= 15 is 0 Å². The smallest absolute Gasteiger partial charge is 0.169 e. The van der Waals surface area contributed by atoms with E-state index in [4.69, 9.17) is 11.6 Å². The number of Topliss-reactive ketones (excluding diaryl/α,β-unsaturated/α-hetero) is 1. The fraction of sp³-hybridized carbons (Fsp3) is 0.412. The molecule has 21 heavy (non-hydrogen) atoms. The van der Waals surface area contributed by atoms with Gasteiger partial charge in [0.05, 0.1) is 22.8 Å². The lowest BCUT2D eigenvalue weighted by Gasteiger charge is -2.10. The molecule has 0 bridgehead atoms. The Labute approximate surface area is 130 Å². The van der Waals surface area contributed by atoms with Crippen molar-refractivity contribution in [3.63, 3.8) is 0 Å². The molecule has 0 saturated heterocycles. The zero-order valence-electron chi connectivity index (χ0n) is 13.0. The first-order chi connectivity index (χ1) is 9.99. The maximum atomic E-state index is 12.7. The fourth-order valence-corrected chi connectivity index (χ4v) is 3.02. The summed E-state index contributed by atoms with van der Waals surface area (Å²) in [6.45, 7) is 8.68. The van der Waals surface area contributed by atoms with Crippen LogP contribution in [-0.4, -0.2) is 15.6 Å². The molecule has 3 nitrogen and oxygen atoms in total. The highest BCUT2D eigenvalue weighted by molar-refractivity contribution is 6.32. The minimum Gasteiger partial charge on any atom is -0.294 e. The number of hydrogen-bond acceptors (Lipinski definition) is 2. The van der Waals surface area contributed by atoms with Gasteiger partial charge in [0.2, 0.25) is 0 Å². The zero-order chi connectivity index (χ0) is 15.6. The summed E-state index contributed by atoms with van der Waals surface area (Å²) < 4.78 is 1.84. The highest BCUT2D eigenvalue weighted by Gasteiger charge is 2.20. The van der Waals surface area contributed by atoms with Crippen molar-refractivity contribution >= 4 is 17.4 Å². The predicted molar refractivity (Wildman–Crippen MR) is 86.2 cm³/mol. The lowest BCUT2D eigenvalue weighted by atomic mass is 9.96. The van der Waals surface area contributed by atoms with Gasteiger partial charge in [0, 0.05) is 12.1 Å². The van der Waals surface area contributed by atoms with Crippen molar-refractivity contribution in [2.24, 2.45) is 0 Å². The number of carbonyl (C=O) groups is 1. The molecule has 0 aliphatic heterocycles. The third-order valence-corrected chi connectivity index (χ3v) is 4.22. The molecule has 0 amide bonds. The normalized spacial score (nSPS) is 10.9. The average Bonchev–Trinajstić information content (AvgIpc) is 2.75. The van der Waals surface area contributed by atoms with Gasteiger partial charge in [-0.25, -0.2) is 0 Å². The molecule has 1 heterocycles. The molecule has 2 aromatic rings. The van der Waals surface area contributed by atoms with E-state index in [0.29, 0.717) is 11.4 Å². The summed E-state index contributed by atoms with van der Waals surface area (Å²) in [5.41, 5.74) is 4.51. The second-order valence-electron chi connectivity index (χ2n) is 5.24. The van der Waals surface area contributed by atoms with Crippen molar-refractivity contribution in [1.82, 2.24) is 9.78 Å². The molecule has 2 rings (SSSR count). The fourth-order valence-electron chi connectivity index (χ4n) is 2.68. The van der Waals surface area contributed by atoms with Crippen LogP contribution in [0.4, 0.5) is 0 Å².